The molecule has 0 aromatic carbocycles. The molecule has 0 spiro atoms. The first-order chi connectivity index (χ1) is 8.18. The van der Waals surface area contributed by atoms with Crippen LogP contribution in [0.4, 0.5) is 0 Å². The highest BCUT2D eigenvalue weighted by atomic mass is 16.4. The lowest BCUT2D eigenvalue weighted by Gasteiger charge is -2.32. The lowest BCUT2D eigenvalue weighted by molar-refractivity contribution is -0.152. The zero-order chi connectivity index (χ0) is 12.3. The zero-order valence-corrected chi connectivity index (χ0v) is 10.2. The van der Waals surface area contributed by atoms with E-state index < -0.39 is 11.9 Å². The van der Waals surface area contributed by atoms with E-state index in [1.54, 1.807) is 0 Å². The average molecular weight is 239 g/mol. The summed E-state index contributed by atoms with van der Waals surface area (Å²) < 4.78 is 0. The Morgan fingerprint density at radius 1 is 1.06 bits per heavy atom. The van der Waals surface area contributed by atoms with Crippen molar-refractivity contribution in [2.75, 3.05) is 6.54 Å². The van der Waals surface area contributed by atoms with Gasteiger partial charge in [-0.25, -0.2) is 0 Å². The number of aliphatic carboxylic acids is 1. The van der Waals surface area contributed by atoms with E-state index in [0.717, 1.165) is 18.8 Å². The van der Waals surface area contributed by atoms with Crippen LogP contribution < -0.4 is 5.32 Å². The Balaban J connectivity index is 1.65. The van der Waals surface area contributed by atoms with Crippen LogP contribution in [-0.4, -0.2) is 23.5 Å². The van der Waals surface area contributed by atoms with E-state index in [0.29, 0.717) is 13.0 Å². The van der Waals surface area contributed by atoms with Gasteiger partial charge >= 0.3 is 5.97 Å². The molecule has 2 rings (SSSR count). The predicted molar refractivity (Wildman–Crippen MR) is 63.4 cm³/mol. The summed E-state index contributed by atoms with van der Waals surface area (Å²) in [6.45, 7) is 0.715. The molecule has 2 N–H and O–H groups in total. The molecule has 4 nitrogen and oxygen atoms in total. The van der Waals surface area contributed by atoms with Crippen LogP contribution >= 0.6 is 0 Å². The van der Waals surface area contributed by atoms with Crippen LogP contribution in [-0.2, 0) is 9.59 Å². The Labute approximate surface area is 102 Å². The van der Waals surface area contributed by atoms with Crippen molar-refractivity contribution in [3.05, 3.63) is 0 Å². The van der Waals surface area contributed by atoms with Gasteiger partial charge in [-0.1, -0.05) is 25.7 Å². The van der Waals surface area contributed by atoms with Gasteiger partial charge in [-0.05, 0) is 25.2 Å². The number of rotatable bonds is 5. The van der Waals surface area contributed by atoms with Gasteiger partial charge in [0, 0.05) is 6.54 Å². The maximum absolute atomic E-state index is 11.7. The molecule has 17 heavy (non-hydrogen) atoms. The summed E-state index contributed by atoms with van der Waals surface area (Å²) in [7, 11) is 0. The van der Waals surface area contributed by atoms with Crippen LogP contribution in [0.3, 0.4) is 0 Å². The Bertz CT molecular complexity index is 297. The van der Waals surface area contributed by atoms with Gasteiger partial charge in [0.25, 0.3) is 0 Å². The fraction of sp³-hybridized carbons (Fsp3) is 0.846. The van der Waals surface area contributed by atoms with Crippen molar-refractivity contribution in [3.63, 3.8) is 0 Å². The predicted octanol–water partition coefficient (Wildman–Crippen LogP) is 1.79. The monoisotopic (exact) mass is 239 g/mol. The van der Waals surface area contributed by atoms with Crippen LogP contribution in [0.5, 0.6) is 0 Å². The molecule has 2 unspecified atom stereocenters. The summed E-state index contributed by atoms with van der Waals surface area (Å²) in [6, 6.07) is 0. The SMILES string of the molecule is O=C(O)C1CCC1C(=O)NCCC1CCCC1. The molecule has 2 fully saturated rings. The number of hydrogen-bond acceptors (Lipinski definition) is 2. The highest BCUT2D eigenvalue weighted by Crippen LogP contribution is 2.34. The van der Waals surface area contributed by atoms with Crippen molar-refractivity contribution >= 4 is 11.9 Å². The zero-order valence-electron chi connectivity index (χ0n) is 10.2. The van der Waals surface area contributed by atoms with E-state index in [-0.39, 0.29) is 11.8 Å². The summed E-state index contributed by atoms with van der Waals surface area (Å²) >= 11 is 0. The minimum atomic E-state index is -0.827. The van der Waals surface area contributed by atoms with E-state index in [9.17, 15) is 9.59 Å². The third kappa shape index (κ3) is 2.99. The first kappa shape index (κ1) is 12.4. The van der Waals surface area contributed by atoms with Crippen molar-refractivity contribution in [1.82, 2.24) is 5.32 Å². The molecule has 0 aliphatic heterocycles. The summed E-state index contributed by atoms with van der Waals surface area (Å²) in [5.41, 5.74) is 0. The number of carbonyl (C=O) groups is 2. The number of hydrogen-bond donors (Lipinski definition) is 2. The number of nitrogens with one attached hydrogen (secondary N) is 1. The summed E-state index contributed by atoms with van der Waals surface area (Å²) in [4.78, 5) is 22.5. The van der Waals surface area contributed by atoms with E-state index >= 15 is 0 Å². The van der Waals surface area contributed by atoms with Gasteiger partial charge in [-0.15, -0.1) is 0 Å². The van der Waals surface area contributed by atoms with Crippen molar-refractivity contribution in [2.45, 2.75) is 44.9 Å². The van der Waals surface area contributed by atoms with E-state index in [1.165, 1.54) is 25.7 Å². The van der Waals surface area contributed by atoms with Gasteiger partial charge in [0.2, 0.25) is 5.91 Å². The van der Waals surface area contributed by atoms with E-state index in [4.69, 9.17) is 5.11 Å². The number of carboxylic acids is 1. The van der Waals surface area contributed by atoms with Gasteiger partial charge in [0.1, 0.15) is 0 Å². The normalized spacial score (nSPS) is 28.7. The Hall–Kier alpha value is -1.06. The molecule has 0 aromatic heterocycles. The molecule has 96 valence electrons. The Morgan fingerprint density at radius 2 is 1.71 bits per heavy atom. The highest BCUT2D eigenvalue weighted by Gasteiger charge is 2.41. The highest BCUT2D eigenvalue weighted by molar-refractivity contribution is 5.86. The standard InChI is InChI=1S/C13H21NO3/c15-12(10-5-6-11(10)13(16)17)14-8-7-9-3-1-2-4-9/h9-11H,1-8H2,(H,14,15)(H,16,17). The molecule has 0 radical (unpaired) electrons. The Morgan fingerprint density at radius 3 is 2.24 bits per heavy atom. The van der Waals surface area contributed by atoms with Crippen LogP contribution in [0.25, 0.3) is 0 Å². The third-order valence-electron chi connectivity index (χ3n) is 4.25. The molecular formula is C13H21NO3. The second-order valence-electron chi connectivity index (χ2n) is 5.36. The third-order valence-corrected chi connectivity index (χ3v) is 4.25. The molecule has 0 aromatic rings. The maximum atomic E-state index is 11.7. The Kier molecular flexibility index (Phi) is 4.02. The quantitative estimate of drug-likeness (QED) is 0.768. The van der Waals surface area contributed by atoms with Crippen LogP contribution in [0.1, 0.15) is 44.9 Å². The smallest absolute Gasteiger partial charge is 0.307 e. The van der Waals surface area contributed by atoms with Crippen molar-refractivity contribution < 1.29 is 14.7 Å². The molecule has 2 aliphatic rings. The van der Waals surface area contributed by atoms with Crippen molar-refractivity contribution in [1.29, 1.82) is 0 Å². The molecule has 0 bridgehead atoms. The minimum absolute atomic E-state index is 0.0540. The summed E-state index contributed by atoms with van der Waals surface area (Å²) in [5.74, 6) is -0.835. The lowest BCUT2D eigenvalue weighted by atomic mass is 9.73. The summed E-state index contributed by atoms with van der Waals surface area (Å²) in [6.07, 6.45) is 7.65. The molecule has 2 atom stereocenters. The second-order valence-corrected chi connectivity index (χ2v) is 5.36. The van der Waals surface area contributed by atoms with Gasteiger partial charge < -0.3 is 10.4 Å². The molecule has 0 heterocycles. The minimum Gasteiger partial charge on any atom is -0.481 e. The van der Waals surface area contributed by atoms with Crippen LogP contribution in [0.2, 0.25) is 0 Å². The fourth-order valence-corrected chi connectivity index (χ4v) is 2.94. The first-order valence-corrected chi connectivity index (χ1v) is 6.69. The van der Waals surface area contributed by atoms with Gasteiger partial charge in [0.05, 0.1) is 11.8 Å². The second kappa shape index (κ2) is 5.52. The first-order valence-electron chi connectivity index (χ1n) is 6.69. The molecule has 2 aliphatic carbocycles. The van der Waals surface area contributed by atoms with Crippen molar-refractivity contribution in [3.8, 4) is 0 Å². The molecular weight excluding hydrogens is 218 g/mol. The molecule has 1 amide bonds. The van der Waals surface area contributed by atoms with E-state index in [1.807, 2.05) is 0 Å². The van der Waals surface area contributed by atoms with Gasteiger partial charge in [-0.3, -0.25) is 9.59 Å². The van der Waals surface area contributed by atoms with Gasteiger partial charge in [0.15, 0.2) is 0 Å². The molecule has 4 heteroatoms. The van der Waals surface area contributed by atoms with Gasteiger partial charge in [-0.2, -0.15) is 0 Å². The average Bonchev–Trinajstić information content (AvgIpc) is 2.67. The lowest BCUT2D eigenvalue weighted by Crippen LogP contribution is -2.44. The largest absolute Gasteiger partial charge is 0.481 e. The summed E-state index contributed by atoms with van der Waals surface area (Å²) in [5, 5.41) is 11.8. The molecule has 2 saturated carbocycles. The topological polar surface area (TPSA) is 66.4 Å². The number of carboxylic acid groups (broad SMARTS) is 1. The fourth-order valence-electron chi connectivity index (χ4n) is 2.94. The maximum Gasteiger partial charge on any atom is 0.307 e. The van der Waals surface area contributed by atoms with Crippen molar-refractivity contribution in [2.24, 2.45) is 17.8 Å². The van der Waals surface area contributed by atoms with Crippen LogP contribution in [0, 0.1) is 17.8 Å². The van der Waals surface area contributed by atoms with Crippen LogP contribution in [0.15, 0.2) is 0 Å². The molecule has 0 saturated heterocycles. The van der Waals surface area contributed by atoms with E-state index in [2.05, 4.69) is 5.32 Å². The number of carbonyl (C=O) groups excluding carboxylic acids is 1. The number of amides is 1.